The number of nitrogens with zero attached hydrogens (tertiary/aromatic N) is 4. The highest BCUT2D eigenvalue weighted by Crippen LogP contribution is 2.35. The van der Waals surface area contributed by atoms with E-state index < -0.39 is 12.1 Å². The van der Waals surface area contributed by atoms with Crippen molar-refractivity contribution in [2.45, 2.75) is 83.2 Å². The molecule has 0 saturated carbocycles. The fourth-order valence-electron chi connectivity index (χ4n) is 6.79. The van der Waals surface area contributed by atoms with Gasteiger partial charge in [0.25, 0.3) is 0 Å². The molecule has 0 bridgehead atoms. The third-order valence-electron chi connectivity index (χ3n) is 8.58. The molecule has 2 fully saturated rings. The molecule has 3 amide bonds. The molecule has 0 aromatic rings. The second-order valence-electron chi connectivity index (χ2n) is 11.8. The quantitative estimate of drug-likeness (QED) is 0.471. The number of hydrogen-bond acceptors (Lipinski definition) is 7. The van der Waals surface area contributed by atoms with Crippen molar-refractivity contribution in [3.63, 3.8) is 0 Å². The van der Waals surface area contributed by atoms with E-state index in [1.165, 1.54) is 0 Å². The first-order valence-corrected chi connectivity index (χ1v) is 13.9. The molecule has 5 aliphatic heterocycles. The van der Waals surface area contributed by atoms with Gasteiger partial charge in [-0.3, -0.25) is 19.2 Å². The van der Waals surface area contributed by atoms with Crippen LogP contribution in [0.4, 0.5) is 0 Å². The molecule has 0 radical (unpaired) electrons. The fraction of sp³-hybridized carbons (Fsp3) is 0.643. The van der Waals surface area contributed by atoms with Gasteiger partial charge in [0, 0.05) is 61.8 Å². The Morgan fingerprint density at radius 1 is 0.974 bits per heavy atom. The van der Waals surface area contributed by atoms with Crippen LogP contribution >= 0.6 is 0 Å². The molecule has 10 nitrogen and oxygen atoms in total. The highest BCUT2D eigenvalue weighted by molar-refractivity contribution is 6.02. The third kappa shape index (κ3) is 4.74. The van der Waals surface area contributed by atoms with E-state index in [-0.39, 0.29) is 53.6 Å². The van der Waals surface area contributed by atoms with Crippen LogP contribution in [0.5, 0.6) is 0 Å². The topological polar surface area (TPSA) is 119 Å². The van der Waals surface area contributed by atoms with Crippen LogP contribution in [0.25, 0.3) is 0 Å². The van der Waals surface area contributed by atoms with Crippen molar-refractivity contribution in [1.82, 2.24) is 24.9 Å². The minimum absolute atomic E-state index is 0.0171. The summed E-state index contributed by atoms with van der Waals surface area (Å²) in [6, 6.07) is -1.58. The molecule has 0 aliphatic carbocycles. The number of ketones is 1. The monoisotopic (exact) mass is 524 g/mol. The van der Waals surface area contributed by atoms with E-state index in [2.05, 4.69) is 15.1 Å². The van der Waals surface area contributed by atoms with E-state index in [9.17, 15) is 19.2 Å². The van der Waals surface area contributed by atoms with Crippen LogP contribution in [0, 0.1) is 5.92 Å². The Morgan fingerprint density at radius 2 is 1.61 bits per heavy atom. The zero-order chi connectivity index (χ0) is 27.3. The van der Waals surface area contributed by atoms with Crippen molar-refractivity contribution < 1.29 is 19.2 Å². The van der Waals surface area contributed by atoms with E-state index >= 15 is 0 Å². The number of amides is 3. The van der Waals surface area contributed by atoms with Crippen LogP contribution in [0.15, 0.2) is 35.7 Å². The molecule has 38 heavy (non-hydrogen) atoms. The molecule has 3 N–H and O–H groups in total. The summed E-state index contributed by atoms with van der Waals surface area (Å²) in [4.78, 5) is 59.7. The minimum atomic E-state index is -0.737. The molecule has 5 unspecified atom stereocenters. The lowest BCUT2D eigenvalue weighted by atomic mass is 9.94. The first-order chi connectivity index (χ1) is 18.0. The summed E-state index contributed by atoms with van der Waals surface area (Å²) >= 11 is 0. The summed E-state index contributed by atoms with van der Waals surface area (Å²) in [6.45, 7) is 10.6. The van der Waals surface area contributed by atoms with Gasteiger partial charge in [0.15, 0.2) is 5.78 Å². The Kier molecular flexibility index (Phi) is 7.11. The number of carbonyl (C=O) groups excluding carboxylic acids is 4. The minimum Gasteiger partial charge on any atom is -0.371 e. The predicted molar refractivity (Wildman–Crippen MR) is 142 cm³/mol. The van der Waals surface area contributed by atoms with Crippen LogP contribution in [-0.2, 0) is 19.2 Å². The highest BCUT2D eigenvalue weighted by Gasteiger charge is 2.48. The smallest absolute Gasteiger partial charge is 0.249 e. The Labute approximate surface area is 224 Å². The molecular formula is C28H40N6O4. The summed E-state index contributed by atoms with van der Waals surface area (Å²) in [6.07, 6.45) is 8.83. The molecule has 2 saturated heterocycles. The van der Waals surface area contributed by atoms with Crippen LogP contribution in [0.1, 0.15) is 47.0 Å². The van der Waals surface area contributed by atoms with Gasteiger partial charge in [-0.2, -0.15) is 0 Å². The second kappa shape index (κ2) is 10.2. The van der Waals surface area contributed by atoms with E-state index in [0.29, 0.717) is 44.7 Å². The molecule has 10 heteroatoms. The van der Waals surface area contributed by atoms with Gasteiger partial charge >= 0.3 is 0 Å². The predicted octanol–water partition coefficient (Wildman–Crippen LogP) is 0.361. The average Bonchev–Trinajstić information content (AvgIpc) is 3.65. The standard InChI is InChI=1S/C28H40N6O4/c1-16(2)11-21(29)28(38)27-23(32-10-7-19(14-32)33-17(3)5-6-25(33)36)13-26(37)34(27)20-8-9-31(15-20)22-12-24(35)30-18(22)4/h5-6,12-13,16-21,27H,7-11,14-15,29H2,1-4H3,(H,30,35)/t17?,18?,19?,20?,21-,27?/m0/s1. The molecule has 5 rings (SSSR count). The van der Waals surface area contributed by atoms with Crippen molar-refractivity contribution in [2.75, 3.05) is 26.2 Å². The number of nitrogens with one attached hydrogen (secondary N) is 1. The van der Waals surface area contributed by atoms with E-state index in [1.807, 2.05) is 38.7 Å². The van der Waals surface area contributed by atoms with Gasteiger partial charge < -0.3 is 30.7 Å². The van der Waals surface area contributed by atoms with Crippen LogP contribution < -0.4 is 11.1 Å². The Hall–Kier alpha value is -3.14. The lowest BCUT2D eigenvalue weighted by molar-refractivity contribution is -0.136. The van der Waals surface area contributed by atoms with Gasteiger partial charge in [-0.25, -0.2) is 0 Å². The average molecular weight is 525 g/mol. The van der Waals surface area contributed by atoms with Crippen molar-refractivity contribution in [2.24, 2.45) is 11.7 Å². The van der Waals surface area contributed by atoms with Crippen LogP contribution in [-0.4, -0.2) is 106 Å². The first kappa shape index (κ1) is 26.5. The van der Waals surface area contributed by atoms with E-state index in [4.69, 9.17) is 5.73 Å². The SMILES string of the molecule is CC(C)C[C@H](N)C(=O)C1C(N2CCC(N3C(=O)C=CC3C)C2)=CC(=O)N1C1CCN(C2=CC(=O)NC2C)C1. The van der Waals surface area contributed by atoms with Crippen LogP contribution in [0.3, 0.4) is 0 Å². The zero-order valence-corrected chi connectivity index (χ0v) is 22.8. The maximum Gasteiger partial charge on any atom is 0.249 e. The Bertz CT molecular complexity index is 1110. The molecule has 5 heterocycles. The van der Waals surface area contributed by atoms with Crippen molar-refractivity contribution >= 4 is 23.5 Å². The maximum absolute atomic E-state index is 13.9. The number of nitrogens with two attached hydrogens (primary N) is 1. The Balaban J connectivity index is 1.37. The Morgan fingerprint density at radius 3 is 2.16 bits per heavy atom. The number of carbonyl (C=O) groups is 4. The second-order valence-corrected chi connectivity index (χ2v) is 11.8. The third-order valence-corrected chi connectivity index (χ3v) is 8.58. The van der Waals surface area contributed by atoms with E-state index in [0.717, 1.165) is 12.1 Å². The lowest BCUT2D eigenvalue weighted by Crippen LogP contribution is -2.54. The van der Waals surface area contributed by atoms with Gasteiger partial charge in [-0.1, -0.05) is 19.9 Å². The fourth-order valence-corrected chi connectivity index (χ4v) is 6.79. The maximum atomic E-state index is 13.9. The summed E-state index contributed by atoms with van der Waals surface area (Å²) in [5.74, 6) is -0.130. The van der Waals surface area contributed by atoms with Crippen molar-refractivity contribution in [3.05, 3.63) is 35.7 Å². The summed E-state index contributed by atoms with van der Waals surface area (Å²) in [7, 11) is 0. The summed E-state index contributed by atoms with van der Waals surface area (Å²) in [5, 5.41) is 2.90. The molecule has 0 aromatic carbocycles. The molecular weight excluding hydrogens is 484 g/mol. The van der Waals surface area contributed by atoms with Crippen LogP contribution in [0.2, 0.25) is 0 Å². The van der Waals surface area contributed by atoms with Gasteiger partial charge in [0.1, 0.15) is 6.04 Å². The van der Waals surface area contributed by atoms with Gasteiger partial charge in [-0.05, 0) is 39.0 Å². The number of Topliss-reactive ketones (excluding diaryl/α,β-unsaturated/α-hetero) is 1. The summed E-state index contributed by atoms with van der Waals surface area (Å²) < 4.78 is 0. The summed E-state index contributed by atoms with van der Waals surface area (Å²) in [5.41, 5.74) is 8.06. The number of hydrogen-bond donors (Lipinski definition) is 2. The lowest BCUT2D eigenvalue weighted by Gasteiger charge is -2.36. The highest BCUT2D eigenvalue weighted by atomic mass is 16.2. The molecule has 5 aliphatic rings. The molecule has 0 spiro atoms. The molecule has 0 aromatic heterocycles. The molecule has 6 atom stereocenters. The van der Waals surface area contributed by atoms with Crippen molar-refractivity contribution in [3.8, 4) is 0 Å². The molecule has 206 valence electrons. The first-order valence-electron chi connectivity index (χ1n) is 13.9. The van der Waals surface area contributed by atoms with Gasteiger partial charge in [0.05, 0.1) is 24.2 Å². The largest absolute Gasteiger partial charge is 0.371 e. The number of rotatable bonds is 8. The van der Waals surface area contributed by atoms with Gasteiger partial charge in [-0.15, -0.1) is 0 Å². The van der Waals surface area contributed by atoms with Gasteiger partial charge in [0.2, 0.25) is 17.7 Å². The van der Waals surface area contributed by atoms with E-state index in [1.54, 1.807) is 23.1 Å². The van der Waals surface area contributed by atoms with Crippen molar-refractivity contribution in [1.29, 1.82) is 0 Å². The number of likely N-dealkylation sites (tertiary alicyclic amines) is 2. The normalized spacial score (nSPS) is 32.2. The zero-order valence-electron chi connectivity index (χ0n) is 22.8.